The van der Waals surface area contributed by atoms with Crippen LogP contribution in [-0.2, 0) is 4.74 Å². The first kappa shape index (κ1) is 20.6. The molecule has 3 aromatic rings. The molecule has 3 aromatic carbocycles. The minimum atomic E-state index is -0.426. The predicted octanol–water partition coefficient (Wildman–Crippen LogP) is 4.60. The van der Waals surface area contributed by atoms with Gasteiger partial charge in [0.15, 0.2) is 0 Å². The third-order valence-electron chi connectivity index (χ3n) is 5.27. The number of nitrogens with two attached hydrogens (primary N) is 1. The van der Waals surface area contributed by atoms with Gasteiger partial charge < -0.3 is 15.8 Å². The average molecular weight is 427 g/mol. The third-order valence-corrected chi connectivity index (χ3v) is 5.50. The lowest BCUT2D eigenvalue weighted by atomic mass is 9.98. The first-order chi connectivity index (χ1) is 15.1. The second kappa shape index (κ2) is 9.46. The summed E-state index contributed by atoms with van der Waals surface area (Å²) in [6, 6.07) is 24.0. The molecule has 1 aliphatic carbocycles. The van der Waals surface area contributed by atoms with Crippen molar-refractivity contribution in [1.29, 1.82) is 0 Å². The summed E-state index contributed by atoms with van der Waals surface area (Å²) >= 11 is 4.94. The van der Waals surface area contributed by atoms with Crippen LogP contribution < -0.4 is 11.1 Å². The van der Waals surface area contributed by atoms with Gasteiger partial charge in [-0.2, -0.15) is 0 Å². The molecule has 4 nitrogen and oxygen atoms in total. The maximum atomic E-state index is 12.2. The molecule has 0 bridgehead atoms. The van der Waals surface area contributed by atoms with Crippen LogP contribution in [0.3, 0.4) is 0 Å². The number of benzene rings is 3. The van der Waals surface area contributed by atoms with Gasteiger partial charge in [0.05, 0.1) is 0 Å². The number of hydrogen-bond acceptors (Lipinski definition) is 3. The summed E-state index contributed by atoms with van der Waals surface area (Å²) in [6.07, 6.45) is 0.103. The summed E-state index contributed by atoms with van der Waals surface area (Å²) in [5.74, 6) is 6.16. The number of rotatable bonds is 5. The quantitative estimate of drug-likeness (QED) is 0.356. The highest BCUT2D eigenvalue weighted by Gasteiger charge is 2.28. The van der Waals surface area contributed by atoms with Crippen LogP contribution in [0.25, 0.3) is 11.1 Å². The number of ether oxygens (including phenoxy) is 1. The van der Waals surface area contributed by atoms with Crippen LogP contribution in [0.2, 0.25) is 0 Å². The van der Waals surface area contributed by atoms with Crippen LogP contribution in [0.15, 0.2) is 72.8 Å². The molecule has 0 aromatic heterocycles. The first-order valence-corrected chi connectivity index (χ1v) is 10.5. The molecule has 0 atom stereocenters. The number of hydrogen-bond donors (Lipinski definition) is 2. The molecule has 3 N–H and O–H groups in total. The SMILES string of the molecule is NC(=S)c1ccc(C#CCCNC(=O)OCC2c3ccccc3-c3ccccc32)cc1. The first-order valence-electron chi connectivity index (χ1n) is 10.1. The Hall–Kier alpha value is -3.62. The van der Waals surface area contributed by atoms with Crippen molar-refractivity contribution in [2.24, 2.45) is 5.73 Å². The van der Waals surface area contributed by atoms with E-state index in [2.05, 4.69) is 41.4 Å². The zero-order chi connectivity index (χ0) is 21.6. The monoisotopic (exact) mass is 426 g/mol. The summed E-state index contributed by atoms with van der Waals surface area (Å²) < 4.78 is 5.52. The van der Waals surface area contributed by atoms with Crippen molar-refractivity contribution in [3.8, 4) is 23.0 Å². The van der Waals surface area contributed by atoms with Crippen molar-refractivity contribution < 1.29 is 9.53 Å². The Bertz CT molecular complexity index is 1130. The van der Waals surface area contributed by atoms with E-state index in [0.29, 0.717) is 24.6 Å². The van der Waals surface area contributed by atoms with E-state index in [4.69, 9.17) is 22.7 Å². The van der Waals surface area contributed by atoms with Gasteiger partial charge in [-0.05, 0) is 34.4 Å². The molecule has 1 aliphatic rings. The Morgan fingerprint density at radius 1 is 0.968 bits per heavy atom. The van der Waals surface area contributed by atoms with Crippen molar-refractivity contribution in [2.45, 2.75) is 12.3 Å². The van der Waals surface area contributed by atoms with Crippen molar-refractivity contribution >= 4 is 23.3 Å². The van der Waals surface area contributed by atoms with Crippen LogP contribution in [0.4, 0.5) is 4.79 Å². The Kier molecular flexibility index (Phi) is 6.30. The van der Waals surface area contributed by atoms with Crippen LogP contribution in [0, 0.1) is 11.8 Å². The van der Waals surface area contributed by atoms with E-state index in [1.165, 1.54) is 22.3 Å². The van der Waals surface area contributed by atoms with Gasteiger partial charge in [0.2, 0.25) is 0 Å². The van der Waals surface area contributed by atoms with Crippen LogP contribution in [0.5, 0.6) is 0 Å². The number of carbonyl (C=O) groups excluding carboxylic acids is 1. The molecule has 4 rings (SSSR count). The maximum absolute atomic E-state index is 12.2. The van der Waals surface area contributed by atoms with E-state index in [9.17, 15) is 4.79 Å². The topological polar surface area (TPSA) is 64.3 Å². The van der Waals surface area contributed by atoms with E-state index in [0.717, 1.165) is 11.1 Å². The summed E-state index contributed by atoms with van der Waals surface area (Å²) in [6.45, 7) is 0.732. The zero-order valence-electron chi connectivity index (χ0n) is 16.9. The lowest BCUT2D eigenvalue weighted by Gasteiger charge is -2.14. The number of carbonyl (C=O) groups is 1. The number of alkyl carbamates (subject to hydrolysis) is 1. The molecule has 0 unspecified atom stereocenters. The fourth-order valence-corrected chi connectivity index (χ4v) is 3.89. The smallest absolute Gasteiger partial charge is 0.407 e. The van der Waals surface area contributed by atoms with Crippen molar-refractivity contribution in [3.05, 3.63) is 95.1 Å². The van der Waals surface area contributed by atoms with Crippen LogP contribution in [0.1, 0.15) is 34.6 Å². The van der Waals surface area contributed by atoms with Gasteiger partial charge in [-0.1, -0.05) is 84.7 Å². The molecule has 0 spiro atoms. The van der Waals surface area contributed by atoms with E-state index in [-0.39, 0.29) is 5.92 Å². The Labute approximate surface area is 187 Å². The number of fused-ring (bicyclic) bond motifs is 3. The third kappa shape index (κ3) is 4.76. The molecule has 154 valence electrons. The molecule has 0 heterocycles. The van der Waals surface area contributed by atoms with Gasteiger partial charge in [-0.25, -0.2) is 4.79 Å². The standard InChI is InChI=1S/C26H22N2O2S/c27-25(31)19-14-12-18(13-15-19)7-5-6-16-28-26(29)30-17-24-22-10-3-1-8-20(22)21-9-2-4-11-23(21)24/h1-4,8-15,24H,6,16-17H2,(H2,27,31)(H,28,29). The normalized spacial score (nSPS) is 11.6. The molecular weight excluding hydrogens is 404 g/mol. The fraction of sp³-hybridized carbons (Fsp3) is 0.154. The molecule has 5 heteroatoms. The summed E-state index contributed by atoms with van der Waals surface area (Å²) in [5.41, 5.74) is 12.1. The molecule has 0 radical (unpaired) electrons. The maximum Gasteiger partial charge on any atom is 0.407 e. The van der Waals surface area contributed by atoms with Gasteiger partial charge in [0.1, 0.15) is 11.6 Å². The summed E-state index contributed by atoms with van der Waals surface area (Å²) in [7, 11) is 0. The largest absolute Gasteiger partial charge is 0.449 e. The highest BCUT2D eigenvalue weighted by Crippen LogP contribution is 2.44. The molecular formula is C26H22N2O2S. The van der Waals surface area contributed by atoms with Crippen LogP contribution in [-0.4, -0.2) is 24.2 Å². The predicted molar refractivity (Wildman–Crippen MR) is 127 cm³/mol. The Morgan fingerprint density at radius 3 is 2.19 bits per heavy atom. The van der Waals surface area contributed by atoms with E-state index >= 15 is 0 Å². The molecule has 0 saturated heterocycles. The lowest BCUT2D eigenvalue weighted by Crippen LogP contribution is -2.26. The summed E-state index contributed by atoms with van der Waals surface area (Å²) in [4.78, 5) is 12.5. The van der Waals surface area contributed by atoms with Gasteiger partial charge in [0.25, 0.3) is 0 Å². The van der Waals surface area contributed by atoms with Crippen molar-refractivity contribution in [2.75, 3.05) is 13.2 Å². The second-order valence-corrected chi connectivity index (χ2v) is 7.69. The lowest BCUT2D eigenvalue weighted by molar-refractivity contribution is 0.143. The number of amides is 1. The average Bonchev–Trinajstić information content (AvgIpc) is 3.11. The molecule has 1 amide bonds. The van der Waals surface area contributed by atoms with Gasteiger partial charge in [0, 0.05) is 30.0 Å². The van der Waals surface area contributed by atoms with Crippen LogP contribution >= 0.6 is 12.2 Å². The number of thiocarbonyl (C=S) groups is 1. The zero-order valence-corrected chi connectivity index (χ0v) is 17.7. The molecule has 31 heavy (non-hydrogen) atoms. The minimum absolute atomic E-state index is 0.0577. The van der Waals surface area contributed by atoms with E-state index in [1.54, 1.807) is 0 Å². The molecule has 0 fully saturated rings. The van der Waals surface area contributed by atoms with Crippen molar-refractivity contribution in [3.63, 3.8) is 0 Å². The Morgan fingerprint density at radius 2 is 1.58 bits per heavy atom. The van der Waals surface area contributed by atoms with E-state index < -0.39 is 6.09 Å². The highest BCUT2D eigenvalue weighted by molar-refractivity contribution is 7.80. The van der Waals surface area contributed by atoms with Gasteiger partial charge >= 0.3 is 6.09 Å². The highest BCUT2D eigenvalue weighted by atomic mass is 32.1. The second-order valence-electron chi connectivity index (χ2n) is 7.25. The summed E-state index contributed by atoms with van der Waals surface area (Å²) in [5, 5.41) is 2.77. The van der Waals surface area contributed by atoms with Crippen molar-refractivity contribution in [1.82, 2.24) is 5.32 Å². The molecule has 0 aliphatic heterocycles. The Balaban J connectivity index is 1.27. The fourth-order valence-electron chi connectivity index (χ4n) is 3.76. The molecule has 0 saturated carbocycles. The van der Waals surface area contributed by atoms with Gasteiger partial charge in [-0.3, -0.25) is 0 Å². The van der Waals surface area contributed by atoms with E-state index in [1.807, 2.05) is 48.5 Å². The minimum Gasteiger partial charge on any atom is -0.449 e. The van der Waals surface area contributed by atoms with Gasteiger partial charge in [-0.15, -0.1) is 0 Å². The number of nitrogens with one attached hydrogen (secondary N) is 1.